The normalized spacial score (nSPS) is 10.6. The Morgan fingerprint density at radius 3 is 2.80 bits per heavy atom. The fourth-order valence-corrected chi connectivity index (χ4v) is 1.65. The largest absolute Gasteiger partial charge is 0.493 e. The summed E-state index contributed by atoms with van der Waals surface area (Å²) in [6.45, 7) is 2.77. The van der Waals surface area contributed by atoms with Crippen molar-refractivity contribution in [1.82, 2.24) is 5.48 Å². The lowest BCUT2D eigenvalue weighted by Gasteiger charge is -2.11. The van der Waals surface area contributed by atoms with Crippen molar-refractivity contribution >= 4 is 12.0 Å². The van der Waals surface area contributed by atoms with E-state index < -0.39 is 5.91 Å². The average Bonchev–Trinajstić information content (AvgIpc) is 2.49. The lowest BCUT2D eigenvalue weighted by molar-refractivity contribution is -0.124. The summed E-state index contributed by atoms with van der Waals surface area (Å²) in [5, 5.41) is 8.42. The molecule has 0 heterocycles. The predicted molar refractivity (Wildman–Crippen MR) is 77.0 cm³/mol. The first-order valence-electron chi connectivity index (χ1n) is 6.64. The zero-order chi connectivity index (χ0) is 14.8. The molecule has 110 valence electrons. The van der Waals surface area contributed by atoms with Crippen LogP contribution in [0.1, 0.15) is 31.7 Å². The first-order chi connectivity index (χ1) is 9.71. The van der Waals surface area contributed by atoms with Crippen molar-refractivity contribution in [3.8, 4) is 11.5 Å². The SMILES string of the molecule is CCCCCOc1cc(C=CC(=O)NO)ccc1OC. The second-order valence-electron chi connectivity index (χ2n) is 4.28. The lowest BCUT2D eigenvalue weighted by Crippen LogP contribution is -2.14. The van der Waals surface area contributed by atoms with Crippen molar-refractivity contribution in [3.05, 3.63) is 29.8 Å². The van der Waals surface area contributed by atoms with E-state index in [1.165, 1.54) is 11.6 Å². The molecule has 0 aromatic heterocycles. The van der Waals surface area contributed by atoms with Crippen LogP contribution in [0.3, 0.4) is 0 Å². The van der Waals surface area contributed by atoms with Crippen molar-refractivity contribution in [1.29, 1.82) is 0 Å². The number of ether oxygens (including phenoxy) is 2. The van der Waals surface area contributed by atoms with Crippen molar-refractivity contribution in [2.24, 2.45) is 0 Å². The molecule has 0 atom stereocenters. The molecule has 0 radical (unpaired) electrons. The minimum Gasteiger partial charge on any atom is -0.493 e. The van der Waals surface area contributed by atoms with Crippen LogP contribution in [0.2, 0.25) is 0 Å². The van der Waals surface area contributed by atoms with Crippen molar-refractivity contribution in [3.63, 3.8) is 0 Å². The van der Waals surface area contributed by atoms with Gasteiger partial charge >= 0.3 is 0 Å². The van der Waals surface area contributed by atoms with Gasteiger partial charge in [0.25, 0.3) is 5.91 Å². The molecule has 20 heavy (non-hydrogen) atoms. The Morgan fingerprint density at radius 1 is 1.35 bits per heavy atom. The van der Waals surface area contributed by atoms with Crippen LogP contribution in [-0.4, -0.2) is 24.8 Å². The minimum absolute atomic E-state index is 0.578. The third-order valence-electron chi connectivity index (χ3n) is 2.73. The van der Waals surface area contributed by atoms with Crippen LogP contribution in [0, 0.1) is 0 Å². The summed E-state index contributed by atoms with van der Waals surface area (Å²) in [7, 11) is 1.59. The maximum absolute atomic E-state index is 10.9. The lowest BCUT2D eigenvalue weighted by atomic mass is 10.2. The Hall–Kier alpha value is -2.01. The minimum atomic E-state index is -0.578. The molecule has 0 saturated carbocycles. The predicted octanol–water partition coefficient (Wildman–Crippen LogP) is 2.78. The third kappa shape index (κ3) is 5.32. The van der Waals surface area contributed by atoms with Gasteiger partial charge in [-0.1, -0.05) is 25.8 Å². The molecule has 5 nitrogen and oxygen atoms in total. The fourth-order valence-electron chi connectivity index (χ4n) is 1.65. The van der Waals surface area contributed by atoms with Gasteiger partial charge in [0.05, 0.1) is 13.7 Å². The first kappa shape index (κ1) is 16.0. The number of amides is 1. The van der Waals surface area contributed by atoms with E-state index in [-0.39, 0.29) is 0 Å². The maximum Gasteiger partial charge on any atom is 0.267 e. The molecule has 0 aliphatic rings. The molecular formula is C15H21NO4. The summed E-state index contributed by atoms with van der Waals surface area (Å²) in [5.41, 5.74) is 2.33. The van der Waals surface area contributed by atoms with Crippen molar-refractivity contribution in [2.75, 3.05) is 13.7 Å². The first-order valence-corrected chi connectivity index (χ1v) is 6.64. The van der Waals surface area contributed by atoms with Crippen molar-refractivity contribution in [2.45, 2.75) is 26.2 Å². The summed E-state index contributed by atoms with van der Waals surface area (Å²) < 4.78 is 10.9. The van der Waals surface area contributed by atoms with Crippen LogP contribution < -0.4 is 15.0 Å². The van der Waals surface area contributed by atoms with E-state index in [1.54, 1.807) is 31.4 Å². The molecule has 0 fully saturated rings. The van der Waals surface area contributed by atoms with E-state index in [1.807, 2.05) is 0 Å². The number of benzene rings is 1. The maximum atomic E-state index is 10.9. The summed E-state index contributed by atoms with van der Waals surface area (Å²) in [6.07, 6.45) is 6.08. The number of nitrogens with one attached hydrogen (secondary N) is 1. The Balaban J connectivity index is 2.74. The van der Waals surface area contributed by atoms with E-state index >= 15 is 0 Å². The highest BCUT2D eigenvalue weighted by atomic mass is 16.5. The molecule has 0 bridgehead atoms. The Kier molecular flexibility index (Phi) is 7.21. The number of methoxy groups -OCH3 is 1. The van der Waals surface area contributed by atoms with Gasteiger partial charge in [-0.2, -0.15) is 0 Å². The zero-order valence-corrected chi connectivity index (χ0v) is 11.9. The molecule has 1 aromatic rings. The van der Waals surface area contributed by atoms with E-state index in [0.29, 0.717) is 18.1 Å². The van der Waals surface area contributed by atoms with Crippen LogP contribution >= 0.6 is 0 Å². The molecule has 1 aromatic carbocycles. The standard InChI is InChI=1S/C15H21NO4/c1-3-4-5-10-20-14-11-12(6-8-13(14)19-2)7-9-15(17)16-18/h6-9,11,18H,3-5,10H2,1-2H3,(H,16,17). The Morgan fingerprint density at radius 2 is 2.15 bits per heavy atom. The summed E-state index contributed by atoms with van der Waals surface area (Å²) in [6, 6.07) is 5.39. The van der Waals surface area contributed by atoms with Gasteiger partial charge in [0.1, 0.15) is 0 Å². The van der Waals surface area contributed by atoms with Crippen LogP contribution in [0.4, 0.5) is 0 Å². The van der Waals surface area contributed by atoms with E-state index in [4.69, 9.17) is 14.7 Å². The molecule has 0 saturated heterocycles. The highest BCUT2D eigenvalue weighted by Crippen LogP contribution is 2.28. The molecule has 0 aliphatic heterocycles. The molecule has 0 aliphatic carbocycles. The van der Waals surface area contributed by atoms with Gasteiger partial charge in [-0.3, -0.25) is 10.0 Å². The van der Waals surface area contributed by atoms with E-state index in [9.17, 15) is 4.79 Å². The van der Waals surface area contributed by atoms with Crippen LogP contribution in [0.25, 0.3) is 6.08 Å². The fraction of sp³-hybridized carbons (Fsp3) is 0.400. The average molecular weight is 279 g/mol. The molecule has 2 N–H and O–H groups in total. The van der Waals surface area contributed by atoms with Crippen LogP contribution in [-0.2, 0) is 4.79 Å². The number of hydrogen-bond donors (Lipinski definition) is 2. The number of hydrogen-bond acceptors (Lipinski definition) is 4. The summed E-state index contributed by atoms with van der Waals surface area (Å²) >= 11 is 0. The molecule has 0 unspecified atom stereocenters. The monoisotopic (exact) mass is 279 g/mol. The van der Waals surface area contributed by atoms with E-state index in [0.717, 1.165) is 24.8 Å². The quantitative estimate of drug-likeness (QED) is 0.332. The summed E-state index contributed by atoms with van der Waals surface area (Å²) in [5.74, 6) is 0.728. The van der Waals surface area contributed by atoms with Gasteiger partial charge < -0.3 is 9.47 Å². The highest BCUT2D eigenvalue weighted by Gasteiger charge is 2.05. The number of unbranched alkanes of at least 4 members (excludes halogenated alkanes) is 2. The molecule has 1 rings (SSSR count). The van der Waals surface area contributed by atoms with Gasteiger partial charge in [-0.15, -0.1) is 0 Å². The Labute approximate surface area is 119 Å². The van der Waals surface area contributed by atoms with Gasteiger partial charge in [0.2, 0.25) is 0 Å². The Bertz CT molecular complexity index is 457. The van der Waals surface area contributed by atoms with Gasteiger partial charge in [0, 0.05) is 6.08 Å². The number of carbonyl (C=O) groups excluding carboxylic acids is 1. The van der Waals surface area contributed by atoms with Gasteiger partial charge in [-0.05, 0) is 30.2 Å². The van der Waals surface area contributed by atoms with Crippen molar-refractivity contribution < 1.29 is 19.5 Å². The van der Waals surface area contributed by atoms with Crippen LogP contribution in [0.5, 0.6) is 11.5 Å². The second kappa shape index (κ2) is 8.98. The number of hydroxylamine groups is 1. The molecular weight excluding hydrogens is 258 g/mol. The second-order valence-corrected chi connectivity index (χ2v) is 4.28. The zero-order valence-electron chi connectivity index (χ0n) is 11.9. The molecule has 0 spiro atoms. The third-order valence-corrected chi connectivity index (χ3v) is 2.73. The molecule has 5 heteroatoms. The van der Waals surface area contributed by atoms with Gasteiger partial charge in [-0.25, -0.2) is 5.48 Å². The van der Waals surface area contributed by atoms with Crippen LogP contribution in [0.15, 0.2) is 24.3 Å². The number of carbonyl (C=O) groups is 1. The van der Waals surface area contributed by atoms with E-state index in [2.05, 4.69) is 6.92 Å². The smallest absolute Gasteiger partial charge is 0.267 e. The topological polar surface area (TPSA) is 67.8 Å². The highest BCUT2D eigenvalue weighted by molar-refractivity contribution is 5.90. The van der Waals surface area contributed by atoms with Gasteiger partial charge in [0.15, 0.2) is 11.5 Å². The summed E-state index contributed by atoms with van der Waals surface area (Å²) in [4.78, 5) is 10.9. The number of rotatable bonds is 8. The molecule has 1 amide bonds.